The van der Waals surface area contributed by atoms with E-state index in [-0.39, 0.29) is 24.9 Å². The molecule has 10 heteroatoms. The van der Waals surface area contributed by atoms with Gasteiger partial charge in [-0.05, 0) is 19.1 Å². The highest BCUT2D eigenvalue weighted by molar-refractivity contribution is 7.80. The van der Waals surface area contributed by atoms with E-state index in [1.807, 2.05) is 0 Å². The van der Waals surface area contributed by atoms with Crippen LogP contribution in [0.3, 0.4) is 0 Å². The monoisotopic (exact) mass is 331 g/mol. The van der Waals surface area contributed by atoms with Gasteiger partial charge in [-0.25, -0.2) is 9.79 Å². The van der Waals surface area contributed by atoms with Crippen molar-refractivity contribution >= 4 is 41.1 Å². The molecule has 3 N–H and O–H groups in total. The van der Waals surface area contributed by atoms with Gasteiger partial charge in [0, 0.05) is 12.6 Å². The summed E-state index contributed by atoms with van der Waals surface area (Å²) in [5.41, 5.74) is 0.347. The Bertz CT molecular complexity index is 507. The zero-order chi connectivity index (χ0) is 16.7. The Hall–Kier alpha value is -2.23. The molecule has 1 rings (SSSR count). The van der Waals surface area contributed by atoms with Crippen molar-refractivity contribution < 1.29 is 29.0 Å². The summed E-state index contributed by atoms with van der Waals surface area (Å²) in [6.45, 7) is 2.74. The van der Waals surface area contributed by atoms with E-state index in [0.717, 1.165) is 0 Å². The standard InChI is InChI=1S/C12H17N3O6S/c1-6-9(10(17)18)8(15-11(22)14-6)5-21-12(19)13-3-4-20-7(2)16/h8-9H,3-5H2,1-2H3,(H,13,19)(H,15,22)(H,17,18). The van der Waals surface area contributed by atoms with E-state index in [4.69, 9.17) is 17.0 Å². The highest BCUT2D eigenvalue weighted by Crippen LogP contribution is 2.13. The smallest absolute Gasteiger partial charge is 0.407 e. The fourth-order valence-corrected chi connectivity index (χ4v) is 2.14. The second-order valence-electron chi connectivity index (χ2n) is 4.49. The zero-order valence-corrected chi connectivity index (χ0v) is 12.9. The van der Waals surface area contributed by atoms with Crippen molar-refractivity contribution in [1.29, 1.82) is 0 Å². The highest BCUT2D eigenvalue weighted by Gasteiger charge is 2.35. The Morgan fingerprint density at radius 3 is 2.68 bits per heavy atom. The number of carboxylic acid groups (broad SMARTS) is 1. The summed E-state index contributed by atoms with van der Waals surface area (Å²) in [4.78, 5) is 37.1. The van der Waals surface area contributed by atoms with E-state index in [1.165, 1.54) is 6.92 Å². The average Bonchev–Trinajstić information content (AvgIpc) is 2.39. The number of amides is 1. The van der Waals surface area contributed by atoms with Gasteiger partial charge in [0.25, 0.3) is 0 Å². The van der Waals surface area contributed by atoms with E-state index in [0.29, 0.717) is 5.71 Å². The summed E-state index contributed by atoms with van der Waals surface area (Å²) in [6.07, 6.45) is -0.746. The Morgan fingerprint density at radius 1 is 1.41 bits per heavy atom. The van der Waals surface area contributed by atoms with Crippen molar-refractivity contribution in [2.45, 2.75) is 19.9 Å². The lowest BCUT2D eigenvalue weighted by Gasteiger charge is -2.28. The number of carboxylic acids is 1. The van der Waals surface area contributed by atoms with E-state index < -0.39 is 30.0 Å². The number of hydrogen-bond acceptors (Lipinski definition) is 6. The Labute approximate surface area is 132 Å². The molecule has 1 amide bonds. The first-order valence-electron chi connectivity index (χ1n) is 6.43. The van der Waals surface area contributed by atoms with Crippen LogP contribution in [-0.4, -0.2) is 59.8 Å². The van der Waals surface area contributed by atoms with E-state index in [1.54, 1.807) is 6.92 Å². The molecule has 0 spiro atoms. The maximum Gasteiger partial charge on any atom is 0.407 e. The second-order valence-corrected chi connectivity index (χ2v) is 4.88. The molecule has 0 bridgehead atoms. The van der Waals surface area contributed by atoms with Gasteiger partial charge in [-0.2, -0.15) is 0 Å². The molecule has 2 atom stereocenters. The molecule has 0 radical (unpaired) electrons. The zero-order valence-electron chi connectivity index (χ0n) is 12.1. The first-order chi connectivity index (χ1) is 10.3. The van der Waals surface area contributed by atoms with Crippen LogP contribution in [0.2, 0.25) is 0 Å². The summed E-state index contributed by atoms with van der Waals surface area (Å²) in [7, 11) is 0. The van der Waals surface area contributed by atoms with Crippen molar-refractivity contribution in [2.75, 3.05) is 19.8 Å². The molecule has 1 aliphatic rings. The first kappa shape index (κ1) is 17.8. The molecule has 0 fully saturated rings. The van der Waals surface area contributed by atoms with Crippen molar-refractivity contribution in [1.82, 2.24) is 10.6 Å². The van der Waals surface area contributed by atoms with Crippen LogP contribution in [0.1, 0.15) is 13.8 Å². The predicted molar refractivity (Wildman–Crippen MR) is 79.7 cm³/mol. The molecule has 2 unspecified atom stereocenters. The summed E-state index contributed by atoms with van der Waals surface area (Å²) in [5, 5.41) is 14.4. The largest absolute Gasteiger partial charge is 0.481 e. The van der Waals surface area contributed by atoms with Crippen molar-refractivity contribution in [3.63, 3.8) is 0 Å². The van der Waals surface area contributed by atoms with Crippen LogP contribution in [0, 0.1) is 5.92 Å². The maximum atomic E-state index is 11.5. The number of carbonyl (C=O) groups is 3. The van der Waals surface area contributed by atoms with Gasteiger partial charge in [-0.3, -0.25) is 9.59 Å². The van der Waals surface area contributed by atoms with E-state index >= 15 is 0 Å². The highest BCUT2D eigenvalue weighted by atomic mass is 32.1. The lowest BCUT2D eigenvalue weighted by Crippen LogP contribution is -2.52. The van der Waals surface area contributed by atoms with Gasteiger partial charge >= 0.3 is 18.0 Å². The number of nitrogens with one attached hydrogen (secondary N) is 2. The number of ether oxygens (including phenoxy) is 2. The average molecular weight is 331 g/mol. The molecule has 0 saturated carbocycles. The molecule has 0 aliphatic carbocycles. The lowest BCUT2D eigenvalue weighted by molar-refractivity contribution is -0.141. The summed E-state index contributed by atoms with van der Waals surface area (Å²) in [5.74, 6) is -2.46. The number of esters is 1. The summed E-state index contributed by atoms with van der Waals surface area (Å²) in [6, 6.07) is -0.693. The van der Waals surface area contributed by atoms with Gasteiger partial charge in [0.2, 0.25) is 0 Å². The topological polar surface area (TPSA) is 126 Å². The Balaban J connectivity index is 2.43. The van der Waals surface area contributed by atoms with Crippen LogP contribution < -0.4 is 10.6 Å². The van der Waals surface area contributed by atoms with Crippen LogP contribution in [0.4, 0.5) is 4.79 Å². The number of alkyl carbamates (subject to hydrolysis) is 1. The number of aliphatic imine (C=N–C) groups is 1. The molecule has 9 nitrogen and oxygen atoms in total. The minimum absolute atomic E-state index is 0.0275. The fraction of sp³-hybridized carbons (Fsp3) is 0.583. The van der Waals surface area contributed by atoms with Crippen LogP contribution in [0.5, 0.6) is 0 Å². The van der Waals surface area contributed by atoms with Crippen LogP contribution in [-0.2, 0) is 19.1 Å². The van der Waals surface area contributed by atoms with Gasteiger partial charge in [0.15, 0.2) is 5.11 Å². The third-order valence-electron chi connectivity index (χ3n) is 2.78. The molecule has 22 heavy (non-hydrogen) atoms. The van der Waals surface area contributed by atoms with Gasteiger partial charge in [0.1, 0.15) is 19.1 Å². The number of thiocarbonyl (C=S) groups is 1. The van der Waals surface area contributed by atoms with E-state index in [2.05, 4.69) is 20.4 Å². The van der Waals surface area contributed by atoms with Gasteiger partial charge in [-0.15, -0.1) is 0 Å². The molecule has 0 aromatic carbocycles. The third kappa shape index (κ3) is 5.64. The molecule has 1 heterocycles. The van der Waals surface area contributed by atoms with Crippen molar-refractivity contribution in [3.8, 4) is 0 Å². The molecular formula is C12H17N3O6S. The lowest BCUT2D eigenvalue weighted by atomic mass is 9.94. The summed E-state index contributed by atoms with van der Waals surface area (Å²) < 4.78 is 9.57. The molecule has 0 saturated heterocycles. The molecule has 122 valence electrons. The van der Waals surface area contributed by atoms with Gasteiger partial charge in [-0.1, -0.05) is 0 Å². The second kappa shape index (κ2) is 8.27. The number of rotatable bonds is 6. The number of nitrogens with zero attached hydrogens (tertiary/aromatic N) is 1. The van der Waals surface area contributed by atoms with Gasteiger partial charge < -0.3 is 25.2 Å². The predicted octanol–water partition coefficient (Wildman–Crippen LogP) is -0.306. The van der Waals surface area contributed by atoms with Crippen molar-refractivity contribution in [3.05, 3.63) is 0 Å². The van der Waals surface area contributed by atoms with Gasteiger partial charge in [0.05, 0.1) is 12.6 Å². The minimum atomic E-state index is -1.08. The fourth-order valence-electron chi connectivity index (χ4n) is 1.85. The number of hydrogen-bond donors (Lipinski definition) is 3. The van der Waals surface area contributed by atoms with E-state index in [9.17, 15) is 19.5 Å². The van der Waals surface area contributed by atoms with Crippen LogP contribution in [0.15, 0.2) is 4.99 Å². The number of aliphatic carboxylic acids is 1. The van der Waals surface area contributed by atoms with Crippen molar-refractivity contribution in [2.24, 2.45) is 10.9 Å². The minimum Gasteiger partial charge on any atom is -0.481 e. The number of carbonyl (C=O) groups excluding carboxylic acids is 2. The SMILES string of the molecule is CC(=O)OCCNC(=O)OCC1NC(=S)N=C(C)C1C(=O)O. The maximum absolute atomic E-state index is 11.5. The normalized spacial score (nSPS) is 20.5. The molecule has 0 aromatic rings. The third-order valence-corrected chi connectivity index (χ3v) is 2.99. The van der Waals surface area contributed by atoms with Crippen LogP contribution in [0.25, 0.3) is 0 Å². The first-order valence-corrected chi connectivity index (χ1v) is 6.84. The molecular weight excluding hydrogens is 314 g/mol. The molecule has 1 aliphatic heterocycles. The molecule has 0 aromatic heterocycles. The Morgan fingerprint density at radius 2 is 2.09 bits per heavy atom. The quantitative estimate of drug-likeness (QED) is 0.344. The summed E-state index contributed by atoms with van der Waals surface area (Å²) >= 11 is 4.89. The Kier molecular flexibility index (Phi) is 6.70. The van der Waals surface area contributed by atoms with Crippen LogP contribution >= 0.6 is 12.2 Å².